The number of fused-ring (bicyclic) bond motifs is 20. The van der Waals surface area contributed by atoms with Gasteiger partial charge in [-0.2, -0.15) is 0 Å². The normalized spacial score (nSPS) is 171. The SMILES string of the molecule is [CH]12[CH]3[CH]4[CH]5[CH]1[Fe]23451678[CH]2[CH]1[CH]6[CH]7[CH]28.[CH]12[CH]3[CH]4[CH]5[CH]1[Fe]23451678[CH]2[CH]1[CH]6[CH]7[CH]28. The van der Waals surface area contributed by atoms with Crippen LogP contribution < -0.4 is 0 Å². The van der Waals surface area contributed by atoms with Crippen molar-refractivity contribution in [3.63, 3.8) is 0 Å². The molecule has 20 fully saturated rings. The van der Waals surface area contributed by atoms with E-state index in [1.807, 2.05) is 0 Å². The van der Waals surface area contributed by atoms with Gasteiger partial charge < -0.3 is 0 Å². The van der Waals surface area contributed by atoms with Crippen LogP contribution in [0.1, 0.15) is 0 Å². The van der Waals surface area contributed by atoms with E-state index in [1.54, 1.807) is 96.3 Å². The zero-order valence-corrected chi connectivity index (χ0v) is 14.5. The van der Waals surface area contributed by atoms with E-state index in [2.05, 4.69) is 0 Å². The van der Waals surface area contributed by atoms with Crippen LogP contribution in [0, 0.1) is 0 Å². The van der Waals surface area contributed by atoms with Crippen molar-refractivity contribution >= 4 is 0 Å². The second-order valence-electron chi connectivity index (χ2n) is 19.2. The van der Waals surface area contributed by atoms with E-state index in [0.29, 0.717) is 0 Å². The molecule has 0 amide bonds. The van der Waals surface area contributed by atoms with Gasteiger partial charge in [-0.15, -0.1) is 0 Å². The van der Waals surface area contributed by atoms with E-state index >= 15 is 0 Å². The van der Waals surface area contributed by atoms with Crippen molar-refractivity contribution in [3.8, 4) is 0 Å². The predicted molar refractivity (Wildman–Crippen MR) is 75.0 cm³/mol. The van der Waals surface area contributed by atoms with Gasteiger partial charge in [0.2, 0.25) is 0 Å². The van der Waals surface area contributed by atoms with Crippen molar-refractivity contribution in [2.45, 2.75) is 96.3 Å². The first-order valence-corrected chi connectivity index (χ1v) is 23.5. The Morgan fingerprint density at radius 1 is 0.182 bits per heavy atom. The molecule has 0 atom stereocenters. The molecule has 22 heavy (non-hydrogen) atoms. The van der Waals surface area contributed by atoms with Gasteiger partial charge in [-0.3, -0.25) is 0 Å². The molecule has 0 unspecified atom stereocenters. The van der Waals surface area contributed by atoms with Crippen molar-refractivity contribution in [1.82, 2.24) is 0 Å². The van der Waals surface area contributed by atoms with Crippen molar-refractivity contribution in [3.05, 3.63) is 0 Å². The molecule has 116 valence electrons. The van der Waals surface area contributed by atoms with Gasteiger partial charge in [0, 0.05) is 0 Å². The Morgan fingerprint density at radius 2 is 0.273 bits per heavy atom. The van der Waals surface area contributed by atoms with Crippen LogP contribution in [0.3, 0.4) is 0 Å². The number of hydrogen-bond donors (Lipinski definition) is 0. The van der Waals surface area contributed by atoms with E-state index in [0.717, 1.165) is 0 Å². The first-order chi connectivity index (χ1) is 10.3. The maximum atomic E-state index is 1.59. The zero-order valence-electron chi connectivity index (χ0n) is 12.3. The Balaban J connectivity index is 0.0000000727. The summed E-state index contributed by atoms with van der Waals surface area (Å²) < 4.78 is 0. The first-order valence-electron chi connectivity index (χ1n) is 10.7. The summed E-state index contributed by atoms with van der Waals surface area (Å²) >= 11 is 0. The summed E-state index contributed by atoms with van der Waals surface area (Å²) in [6, 6.07) is 0. The third-order valence-corrected chi connectivity index (χ3v) is 113. The van der Waals surface area contributed by atoms with Crippen molar-refractivity contribution in [2.24, 2.45) is 0 Å². The van der Waals surface area contributed by atoms with Crippen LogP contribution in [-0.4, -0.2) is 0 Å². The molecule has 0 N–H and O–H groups in total. The van der Waals surface area contributed by atoms with Crippen molar-refractivity contribution < 1.29 is 13.0 Å². The summed E-state index contributed by atoms with van der Waals surface area (Å²) in [4.78, 5) is 31.8. The Kier molecular flexibility index (Phi) is 0.129. The van der Waals surface area contributed by atoms with E-state index in [4.69, 9.17) is 0 Å². The Hall–Kier alpha value is 1.04. The fraction of sp³-hybridized carbons (Fsp3) is 1.00. The molecule has 0 nitrogen and oxygen atoms in total. The summed E-state index contributed by atoms with van der Waals surface area (Å²) in [5.41, 5.74) is 0. The minimum atomic E-state index is -2.28. The van der Waals surface area contributed by atoms with Crippen LogP contribution in [0.25, 0.3) is 0 Å². The van der Waals surface area contributed by atoms with Crippen LogP contribution in [0.15, 0.2) is 0 Å². The third kappa shape index (κ3) is 0.0525. The molecular weight excluding hydrogens is 352 g/mol. The Bertz CT molecular complexity index is 1290. The molecule has 2 heteroatoms. The molecule has 0 bridgehead atoms. The van der Waals surface area contributed by atoms with Gasteiger partial charge in [-0.25, -0.2) is 0 Å². The molecule has 20 rings (SSSR count). The molecule has 0 aromatic carbocycles. The molecular formula is C20H20Fe2. The summed E-state index contributed by atoms with van der Waals surface area (Å²) in [5.74, 6) is 0. The quantitative estimate of drug-likeness (QED) is 0.413. The van der Waals surface area contributed by atoms with Gasteiger partial charge in [0.05, 0.1) is 0 Å². The van der Waals surface area contributed by atoms with Crippen molar-refractivity contribution in [2.75, 3.05) is 0 Å². The molecule has 20 heterocycles. The Morgan fingerprint density at radius 3 is 0.273 bits per heavy atom. The van der Waals surface area contributed by atoms with Crippen LogP contribution in [0.5, 0.6) is 0 Å². The van der Waals surface area contributed by atoms with E-state index in [1.165, 1.54) is 0 Å². The van der Waals surface area contributed by atoms with Crippen LogP contribution in [0.2, 0.25) is 96.3 Å². The second kappa shape index (κ2) is 0.428. The monoisotopic (exact) mass is 372 g/mol. The van der Waals surface area contributed by atoms with Crippen LogP contribution >= 0.6 is 0 Å². The van der Waals surface area contributed by atoms with Crippen molar-refractivity contribution in [1.29, 1.82) is 0 Å². The van der Waals surface area contributed by atoms with E-state index < -0.39 is 13.0 Å². The fourth-order valence-corrected chi connectivity index (χ4v) is 176. The molecule has 20 saturated heterocycles. The molecule has 0 aliphatic carbocycles. The van der Waals surface area contributed by atoms with Gasteiger partial charge >= 0.3 is 109 Å². The molecule has 0 saturated carbocycles. The first kappa shape index (κ1) is 6.64. The topological polar surface area (TPSA) is 0 Å². The summed E-state index contributed by atoms with van der Waals surface area (Å²) in [5, 5.41) is 0. The van der Waals surface area contributed by atoms with E-state index in [-0.39, 0.29) is 0 Å². The van der Waals surface area contributed by atoms with Gasteiger partial charge in [-0.1, -0.05) is 0 Å². The van der Waals surface area contributed by atoms with Gasteiger partial charge in [0.25, 0.3) is 0 Å². The molecule has 2 spiro atoms. The molecule has 0 aromatic heterocycles. The average molecular weight is 372 g/mol. The summed E-state index contributed by atoms with van der Waals surface area (Å²) in [6.07, 6.45) is 0. The average Bonchev–Trinajstić information content (AvgIpc) is 3.46. The number of rotatable bonds is 0. The zero-order chi connectivity index (χ0) is 12.2. The minimum absolute atomic E-state index is 1.59. The molecule has 0 radical (unpaired) electrons. The van der Waals surface area contributed by atoms with E-state index in [9.17, 15) is 0 Å². The second-order valence-corrected chi connectivity index (χ2v) is 67.0. The Labute approximate surface area is 109 Å². The van der Waals surface area contributed by atoms with Gasteiger partial charge in [0.15, 0.2) is 0 Å². The predicted octanol–water partition coefficient (Wildman–Crippen LogP) is 6.75. The summed E-state index contributed by atoms with van der Waals surface area (Å²) in [6.45, 7) is -4.57. The molecule has 20 aliphatic heterocycles. The van der Waals surface area contributed by atoms with Gasteiger partial charge in [-0.05, 0) is 0 Å². The summed E-state index contributed by atoms with van der Waals surface area (Å²) in [7, 11) is 0. The van der Waals surface area contributed by atoms with Gasteiger partial charge in [0.1, 0.15) is 0 Å². The van der Waals surface area contributed by atoms with Crippen LogP contribution in [0.4, 0.5) is 0 Å². The number of hydrogen-bond acceptors (Lipinski definition) is 0. The molecule has 20 aliphatic rings. The maximum absolute atomic E-state index is 2.28. The molecule has 0 aromatic rings. The third-order valence-electron chi connectivity index (χ3n) is 29.1. The van der Waals surface area contributed by atoms with Crippen LogP contribution in [-0.2, 0) is 13.0 Å². The fourth-order valence-electron chi connectivity index (χ4n) is 31.6. The standard InChI is InChI=1S/4C5H5.2Fe/c4*1-2-4-5-3-1;;/h4*1-5H;;.